The summed E-state index contributed by atoms with van der Waals surface area (Å²) in [6, 6.07) is 3.83. The fraction of sp³-hybridized carbons (Fsp3) is 0.571. The van der Waals surface area contributed by atoms with Crippen molar-refractivity contribution in [2.75, 3.05) is 17.2 Å². The van der Waals surface area contributed by atoms with Crippen LogP contribution < -0.4 is 10.6 Å². The standard InChI is InChI=1S/C14H19N3O2/c18-17(19)13-7-6-12-11(8-9-15-12)14(13)16-10-4-2-1-3-5-10/h6-7,10,15-16H,1-5,8-9H2. The van der Waals surface area contributed by atoms with Crippen molar-refractivity contribution in [3.8, 4) is 0 Å². The van der Waals surface area contributed by atoms with E-state index >= 15 is 0 Å². The lowest BCUT2D eigenvalue weighted by Crippen LogP contribution is -2.23. The molecule has 3 rings (SSSR count). The lowest BCUT2D eigenvalue weighted by Gasteiger charge is -2.24. The number of hydrogen-bond donors (Lipinski definition) is 2. The Hall–Kier alpha value is -1.78. The lowest BCUT2D eigenvalue weighted by molar-refractivity contribution is -0.384. The van der Waals surface area contributed by atoms with Gasteiger partial charge in [0.15, 0.2) is 0 Å². The van der Waals surface area contributed by atoms with Crippen LogP contribution in [-0.2, 0) is 6.42 Å². The second-order valence-corrected chi connectivity index (χ2v) is 5.40. The molecule has 1 fully saturated rings. The van der Waals surface area contributed by atoms with E-state index in [1.54, 1.807) is 6.07 Å². The number of anilines is 2. The Bertz CT molecular complexity index is 496. The van der Waals surface area contributed by atoms with Gasteiger partial charge in [0, 0.05) is 29.9 Å². The van der Waals surface area contributed by atoms with Crippen molar-refractivity contribution in [2.24, 2.45) is 0 Å². The highest BCUT2D eigenvalue weighted by molar-refractivity contribution is 5.77. The van der Waals surface area contributed by atoms with Crippen molar-refractivity contribution in [3.05, 3.63) is 27.8 Å². The summed E-state index contributed by atoms with van der Waals surface area (Å²) in [5, 5.41) is 17.9. The SMILES string of the molecule is O=[N+]([O-])c1ccc2c(c1NC1CCCCC1)CCN2. The minimum Gasteiger partial charge on any atom is -0.384 e. The topological polar surface area (TPSA) is 67.2 Å². The predicted octanol–water partition coefficient (Wildman–Crippen LogP) is 3.31. The summed E-state index contributed by atoms with van der Waals surface area (Å²) >= 11 is 0. The highest BCUT2D eigenvalue weighted by Crippen LogP contribution is 2.38. The first-order valence-electron chi connectivity index (χ1n) is 7.06. The van der Waals surface area contributed by atoms with Crippen molar-refractivity contribution in [1.29, 1.82) is 0 Å². The van der Waals surface area contributed by atoms with Crippen LogP contribution in [0.5, 0.6) is 0 Å². The summed E-state index contributed by atoms with van der Waals surface area (Å²) in [4.78, 5) is 10.9. The fourth-order valence-electron chi connectivity index (χ4n) is 3.15. The van der Waals surface area contributed by atoms with Crippen molar-refractivity contribution in [1.82, 2.24) is 0 Å². The summed E-state index contributed by atoms with van der Waals surface area (Å²) in [6.45, 7) is 0.871. The maximum atomic E-state index is 11.2. The quantitative estimate of drug-likeness (QED) is 0.647. The van der Waals surface area contributed by atoms with Crippen LogP contribution in [-0.4, -0.2) is 17.5 Å². The maximum absolute atomic E-state index is 11.2. The van der Waals surface area contributed by atoms with Crippen LogP contribution in [0.15, 0.2) is 12.1 Å². The van der Waals surface area contributed by atoms with E-state index in [1.165, 1.54) is 19.3 Å². The Morgan fingerprint density at radius 3 is 2.79 bits per heavy atom. The molecule has 5 heteroatoms. The molecule has 102 valence electrons. The fourth-order valence-corrected chi connectivity index (χ4v) is 3.15. The Kier molecular flexibility index (Phi) is 3.27. The highest BCUT2D eigenvalue weighted by Gasteiger charge is 2.25. The van der Waals surface area contributed by atoms with Crippen LogP contribution in [0.1, 0.15) is 37.7 Å². The van der Waals surface area contributed by atoms with Gasteiger partial charge in [0.1, 0.15) is 5.69 Å². The average Bonchev–Trinajstić information content (AvgIpc) is 2.88. The second kappa shape index (κ2) is 5.07. The molecule has 0 amide bonds. The van der Waals surface area contributed by atoms with Gasteiger partial charge in [-0.25, -0.2) is 0 Å². The lowest BCUT2D eigenvalue weighted by atomic mass is 9.94. The third-order valence-corrected chi connectivity index (χ3v) is 4.13. The van der Waals surface area contributed by atoms with Crippen molar-refractivity contribution in [3.63, 3.8) is 0 Å². The molecule has 19 heavy (non-hydrogen) atoms. The minimum atomic E-state index is -0.274. The van der Waals surface area contributed by atoms with E-state index in [4.69, 9.17) is 0 Å². The predicted molar refractivity (Wildman–Crippen MR) is 75.8 cm³/mol. The molecule has 1 aromatic carbocycles. The van der Waals surface area contributed by atoms with Gasteiger partial charge >= 0.3 is 0 Å². The van der Waals surface area contributed by atoms with Gasteiger partial charge in [-0.1, -0.05) is 19.3 Å². The molecule has 0 atom stereocenters. The molecular formula is C14H19N3O2. The zero-order valence-electron chi connectivity index (χ0n) is 10.9. The Morgan fingerprint density at radius 2 is 2.05 bits per heavy atom. The van der Waals surface area contributed by atoms with Gasteiger partial charge in [-0.3, -0.25) is 10.1 Å². The molecule has 0 bridgehead atoms. The van der Waals surface area contributed by atoms with Gasteiger partial charge in [-0.15, -0.1) is 0 Å². The van der Waals surface area contributed by atoms with Crippen molar-refractivity contribution < 1.29 is 4.92 Å². The number of rotatable bonds is 3. The van der Waals surface area contributed by atoms with Gasteiger partial charge in [-0.05, 0) is 25.3 Å². The van der Waals surface area contributed by atoms with Gasteiger partial charge in [-0.2, -0.15) is 0 Å². The summed E-state index contributed by atoms with van der Waals surface area (Å²) in [6.07, 6.45) is 6.83. The maximum Gasteiger partial charge on any atom is 0.292 e. The molecular weight excluding hydrogens is 242 g/mol. The molecule has 0 spiro atoms. The van der Waals surface area contributed by atoms with Crippen LogP contribution in [0, 0.1) is 10.1 Å². The van der Waals surface area contributed by atoms with Crippen LogP contribution in [0.2, 0.25) is 0 Å². The van der Waals surface area contributed by atoms with Crippen molar-refractivity contribution in [2.45, 2.75) is 44.6 Å². The number of nitrogens with one attached hydrogen (secondary N) is 2. The zero-order chi connectivity index (χ0) is 13.2. The van der Waals surface area contributed by atoms with Crippen LogP contribution >= 0.6 is 0 Å². The number of hydrogen-bond acceptors (Lipinski definition) is 4. The minimum absolute atomic E-state index is 0.216. The number of fused-ring (bicyclic) bond motifs is 1. The molecule has 5 nitrogen and oxygen atoms in total. The molecule has 0 aromatic heterocycles. The smallest absolute Gasteiger partial charge is 0.292 e. The van der Waals surface area contributed by atoms with Gasteiger partial charge < -0.3 is 10.6 Å². The third-order valence-electron chi connectivity index (χ3n) is 4.13. The summed E-state index contributed by atoms with van der Waals surface area (Å²) in [5.74, 6) is 0. The van der Waals surface area contributed by atoms with Crippen LogP contribution in [0.25, 0.3) is 0 Å². The number of nitrogens with zero attached hydrogens (tertiary/aromatic N) is 1. The molecule has 0 radical (unpaired) electrons. The molecule has 0 unspecified atom stereocenters. The number of nitro groups is 1. The Balaban J connectivity index is 1.92. The Labute approximate surface area is 112 Å². The molecule has 1 saturated carbocycles. The molecule has 1 aliphatic carbocycles. The van der Waals surface area contributed by atoms with E-state index in [1.807, 2.05) is 6.07 Å². The summed E-state index contributed by atoms with van der Waals surface area (Å²) in [7, 11) is 0. The van der Waals surface area contributed by atoms with E-state index in [0.717, 1.165) is 42.7 Å². The second-order valence-electron chi connectivity index (χ2n) is 5.40. The molecule has 1 heterocycles. The van der Waals surface area contributed by atoms with E-state index in [2.05, 4.69) is 10.6 Å². The Morgan fingerprint density at radius 1 is 1.26 bits per heavy atom. The molecule has 1 aromatic rings. The first kappa shape index (κ1) is 12.3. The molecule has 2 aliphatic rings. The third kappa shape index (κ3) is 2.37. The van der Waals surface area contributed by atoms with Gasteiger partial charge in [0.2, 0.25) is 0 Å². The highest BCUT2D eigenvalue weighted by atomic mass is 16.6. The average molecular weight is 261 g/mol. The monoisotopic (exact) mass is 261 g/mol. The first-order valence-corrected chi connectivity index (χ1v) is 7.06. The van der Waals surface area contributed by atoms with Crippen molar-refractivity contribution >= 4 is 17.1 Å². The number of nitro benzene ring substituents is 1. The molecule has 1 aliphatic heterocycles. The first-order chi connectivity index (χ1) is 9.25. The largest absolute Gasteiger partial charge is 0.384 e. The van der Waals surface area contributed by atoms with Crippen LogP contribution in [0.3, 0.4) is 0 Å². The summed E-state index contributed by atoms with van der Waals surface area (Å²) in [5.41, 5.74) is 3.09. The molecule has 2 N–H and O–H groups in total. The van der Waals surface area contributed by atoms with E-state index in [9.17, 15) is 10.1 Å². The normalized spacial score (nSPS) is 18.7. The van der Waals surface area contributed by atoms with Gasteiger partial charge in [0.05, 0.1) is 4.92 Å². The number of benzene rings is 1. The van der Waals surface area contributed by atoms with E-state index < -0.39 is 0 Å². The van der Waals surface area contributed by atoms with Crippen LogP contribution in [0.4, 0.5) is 17.1 Å². The zero-order valence-corrected chi connectivity index (χ0v) is 10.9. The van der Waals surface area contributed by atoms with Gasteiger partial charge in [0.25, 0.3) is 5.69 Å². The summed E-state index contributed by atoms with van der Waals surface area (Å²) < 4.78 is 0. The van der Waals surface area contributed by atoms with E-state index in [0.29, 0.717) is 6.04 Å². The molecule has 0 saturated heterocycles. The van der Waals surface area contributed by atoms with E-state index in [-0.39, 0.29) is 10.6 Å².